The van der Waals surface area contributed by atoms with Crippen LogP contribution >= 0.6 is 0 Å². The SMILES string of the molecule is CNC(Cc1nc(C)cnc1C)C(C)(C)C. The summed E-state index contributed by atoms with van der Waals surface area (Å²) in [6.45, 7) is 10.7. The normalized spacial score (nSPS) is 13.9. The first kappa shape index (κ1) is 13.1. The van der Waals surface area contributed by atoms with Gasteiger partial charge in [-0.15, -0.1) is 0 Å². The topological polar surface area (TPSA) is 37.8 Å². The fraction of sp³-hybridized carbons (Fsp3) is 0.692. The van der Waals surface area contributed by atoms with E-state index in [0.29, 0.717) is 6.04 Å². The fourth-order valence-electron chi connectivity index (χ4n) is 1.82. The molecule has 0 aliphatic carbocycles. The number of hydrogen-bond donors (Lipinski definition) is 1. The van der Waals surface area contributed by atoms with Crippen molar-refractivity contribution in [2.24, 2.45) is 5.41 Å². The van der Waals surface area contributed by atoms with Crippen molar-refractivity contribution in [1.29, 1.82) is 0 Å². The number of likely N-dealkylation sites (N-methyl/N-ethyl adjacent to an activating group) is 1. The molecule has 3 nitrogen and oxygen atoms in total. The highest BCUT2D eigenvalue weighted by molar-refractivity contribution is 5.14. The van der Waals surface area contributed by atoms with E-state index in [9.17, 15) is 0 Å². The summed E-state index contributed by atoms with van der Waals surface area (Å²) < 4.78 is 0. The molecule has 0 aliphatic rings. The summed E-state index contributed by atoms with van der Waals surface area (Å²) in [7, 11) is 2.01. The van der Waals surface area contributed by atoms with Gasteiger partial charge >= 0.3 is 0 Å². The van der Waals surface area contributed by atoms with Gasteiger partial charge in [0.2, 0.25) is 0 Å². The van der Waals surface area contributed by atoms with Crippen LogP contribution in [0.25, 0.3) is 0 Å². The zero-order chi connectivity index (χ0) is 12.3. The average Bonchev–Trinajstić information content (AvgIpc) is 2.17. The Bertz CT molecular complexity index is 353. The smallest absolute Gasteiger partial charge is 0.0634 e. The maximum atomic E-state index is 4.57. The predicted molar refractivity (Wildman–Crippen MR) is 67.5 cm³/mol. The Kier molecular flexibility index (Phi) is 4.03. The number of aryl methyl sites for hydroxylation is 2. The zero-order valence-electron chi connectivity index (χ0n) is 11.3. The first-order valence-electron chi connectivity index (χ1n) is 5.81. The molecule has 1 unspecified atom stereocenters. The first-order valence-corrected chi connectivity index (χ1v) is 5.81. The van der Waals surface area contributed by atoms with E-state index >= 15 is 0 Å². The van der Waals surface area contributed by atoms with Gasteiger partial charge in [-0.1, -0.05) is 20.8 Å². The van der Waals surface area contributed by atoms with Crippen LogP contribution in [0.1, 0.15) is 37.9 Å². The van der Waals surface area contributed by atoms with Gasteiger partial charge in [0.15, 0.2) is 0 Å². The third-order valence-electron chi connectivity index (χ3n) is 2.97. The lowest BCUT2D eigenvalue weighted by Crippen LogP contribution is -2.40. The highest BCUT2D eigenvalue weighted by Crippen LogP contribution is 2.22. The number of rotatable bonds is 3. The van der Waals surface area contributed by atoms with Crippen LogP contribution in [0.5, 0.6) is 0 Å². The average molecular weight is 221 g/mol. The summed E-state index contributed by atoms with van der Waals surface area (Å²) in [6.07, 6.45) is 2.75. The van der Waals surface area contributed by atoms with Crippen molar-refractivity contribution in [2.75, 3.05) is 7.05 Å². The van der Waals surface area contributed by atoms with Crippen molar-refractivity contribution in [1.82, 2.24) is 15.3 Å². The van der Waals surface area contributed by atoms with E-state index < -0.39 is 0 Å². The van der Waals surface area contributed by atoms with Gasteiger partial charge < -0.3 is 5.32 Å². The molecule has 0 amide bonds. The van der Waals surface area contributed by atoms with Crippen molar-refractivity contribution in [2.45, 2.75) is 47.1 Å². The van der Waals surface area contributed by atoms with Crippen molar-refractivity contribution < 1.29 is 0 Å². The largest absolute Gasteiger partial charge is 0.316 e. The van der Waals surface area contributed by atoms with E-state index in [1.54, 1.807) is 0 Å². The minimum Gasteiger partial charge on any atom is -0.316 e. The molecule has 0 aliphatic heterocycles. The molecule has 0 bridgehead atoms. The highest BCUT2D eigenvalue weighted by Gasteiger charge is 2.24. The van der Waals surface area contributed by atoms with Gasteiger partial charge in [0.25, 0.3) is 0 Å². The summed E-state index contributed by atoms with van der Waals surface area (Å²) in [5.74, 6) is 0. The van der Waals surface area contributed by atoms with E-state index in [0.717, 1.165) is 23.5 Å². The quantitative estimate of drug-likeness (QED) is 0.851. The second-order valence-electron chi connectivity index (χ2n) is 5.45. The highest BCUT2D eigenvalue weighted by atomic mass is 14.9. The molecule has 0 radical (unpaired) electrons. The van der Waals surface area contributed by atoms with Crippen LogP contribution in [0.15, 0.2) is 6.20 Å². The number of nitrogens with one attached hydrogen (secondary N) is 1. The molecule has 1 heterocycles. The number of aromatic nitrogens is 2. The first-order chi connectivity index (χ1) is 7.34. The Hall–Kier alpha value is -0.960. The molecular formula is C13H23N3. The van der Waals surface area contributed by atoms with Gasteiger partial charge in [0.05, 0.1) is 17.1 Å². The molecule has 1 rings (SSSR count). The minimum atomic E-state index is 0.229. The standard InChI is InChI=1S/C13H23N3/c1-9-8-15-10(2)11(16-9)7-12(14-6)13(3,4)5/h8,12,14H,7H2,1-6H3. The molecule has 1 aromatic heterocycles. The molecule has 0 fully saturated rings. The lowest BCUT2D eigenvalue weighted by atomic mass is 9.84. The van der Waals surface area contributed by atoms with Gasteiger partial charge in [0.1, 0.15) is 0 Å². The van der Waals surface area contributed by atoms with E-state index in [2.05, 4.69) is 36.1 Å². The third-order valence-corrected chi connectivity index (χ3v) is 2.97. The van der Waals surface area contributed by atoms with E-state index in [-0.39, 0.29) is 5.41 Å². The van der Waals surface area contributed by atoms with E-state index in [1.807, 2.05) is 27.1 Å². The molecule has 0 aromatic carbocycles. The maximum Gasteiger partial charge on any atom is 0.0634 e. The molecular weight excluding hydrogens is 198 g/mol. The van der Waals surface area contributed by atoms with E-state index in [1.165, 1.54) is 0 Å². The molecule has 16 heavy (non-hydrogen) atoms. The van der Waals surface area contributed by atoms with Gasteiger partial charge in [-0.05, 0) is 26.3 Å². The number of nitrogens with zero attached hydrogens (tertiary/aromatic N) is 2. The minimum absolute atomic E-state index is 0.229. The van der Waals surface area contributed by atoms with Crippen molar-refractivity contribution in [3.63, 3.8) is 0 Å². The zero-order valence-corrected chi connectivity index (χ0v) is 11.3. The van der Waals surface area contributed by atoms with Crippen LogP contribution in [0.3, 0.4) is 0 Å². The Labute approximate surface area is 98.7 Å². The monoisotopic (exact) mass is 221 g/mol. The lowest BCUT2D eigenvalue weighted by Gasteiger charge is -2.30. The molecule has 90 valence electrons. The van der Waals surface area contributed by atoms with E-state index in [4.69, 9.17) is 0 Å². The molecule has 3 heteroatoms. The Morgan fingerprint density at radius 2 is 1.94 bits per heavy atom. The van der Waals surface area contributed by atoms with Crippen LogP contribution < -0.4 is 5.32 Å². The Morgan fingerprint density at radius 3 is 2.44 bits per heavy atom. The molecule has 0 spiro atoms. The summed E-state index contributed by atoms with van der Waals surface area (Å²) in [4.78, 5) is 8.93. The number of hydrogen-bond acceptors (Lipinski definition) is 3. The predicted octanol–water partition coefficient (Wildman–Crippen LogP) is 2.27. The summed E-state index contributed by atoms with van der Waals surface area (Å²) in [5.41, 5.74) is 3.36. The second kappa shape index (κ2) is 4.91. The second-order valence-corrected chi connectivity index (χ2v) is 5.45. The van der Waals surface area contributed by atoms with Crippen LogP contribution in [0.2, 0.25) is 0 Å². The van der Waals surface area contributed by atoms with Gasteiger partial charge in [-0.3, -0.25) is 9.97 Å². The Morgan fingerprint density at radius 1 is 1.31 bits per heavy atom. The summed E-state index contributed by atoms with van der Waals surface area (Å²) in [6, 6.07) is 0.419. The van der Waals surface area contributed by atoms with Crippen LogP contribution in [0, 0.1) is 19.3 Å². The third kappa shape index (κ3) is 3.27. The van der Waals surface area contributed by atoms with Gasteiger partial charge in [-0.2, -0.15) is 0 Å². The molecule has 1 N–H and O–H groups in total. The van der Waals surface area contributed by atoms with Crippen LogP contribution in [0.4, 0.5) is 0 Å². The van der Waals surface area contributed by atoms with Crippen LogP contribution in [-0.4, -0.2) is 23.1 Å². The Balaban J connectivity index is 2.90. The molecule has 1 atom stereocenters. The van der Waals surface area contributed by atoms with Crippen molar-refractivity contribution in [3.05, 3.63) is 23.3 Å². The van der Waals surface area contributed by atoms with Crippen molar-refractivity contribution >= 4 is 0 Å². The van der Waals surface area contributed by atoms with Crippen molar-refractivity contribution in [3.8, 4) is 0 Å². The summed E-state index contributed by atoms with van der Waals surface area (Å²) in [5, 5.41) is 3.37. The van der Waals surface area contributed by atoms with Gasteiger partial charge in [0, 0.05) is 18.7 Å². The lowest BCUT2D eigenvalue weighted by molar-refractivity contribution is 0.277. The van der Waals surface area contributed by atoms with Crippen LogP contribution in [-0.2, 0) is 6.42 Å². The fourth-order valence-corrected chi connectivity index (χ4v) is 1.82. The maximum absolute atomic E-state index is 4.57. The molecule has 1 aromatic rings. The molecule has 0 saturated heterocycles. The summed E-state index contributed by atoms with van der Waals surface area (Å²) >= 11 is 0. The molecule has 0 saturated carbocycles. The van der Waals surface area contributed by atoms with Gasteiger partial charge in [-0.25, -0.2) is 0 Å².